The van der Waals surface area contributed by atoms with E-state index in [1.54, 1.807) is 0 Å². The zero-order chi connectivity index (χ0) is 19.3. The van der Waals surface area contributed by atoms with E-state index in [4.69, 9.17) is 20.7 Å². The smallest absolute Gasteiger partial charge is 0.179 e. The Morgan fingerprint density at radius 3 is 2.52 bits per heavy atom. The number of allylic oxidation sites excluding steroid dienone is 2. The van der Waals surface area contributed by atoms with E-state index in [1.807, 2.05) is 27.7 Å². The highest BCUT2D eigenvalue weighted by Crippen LogP contribution is 2.38. The molecule has 0 atom stereocenters. The first-order valence-electron chi connectivity index (χ1n) is 9.39. The first-order valence-corrected chi connectivity index (χ1v) is 9.39. The fraction of sp³-hybridized carbons (Fsp3) is 0.381. The highest BCUT2D eigenvalue weighted by atomic mass is 16.5. The van der Waals surface area contributed by atoms with Gasteiger partial charge in [0.2, 0.25) is 0 Å². The zero-order valence-corrected chi connectivity index (χ0v) is 16.3. The van der Waals surface area contributed by atoms with Gasteiger partial charge in [-0.1, -0.05) is 11.6 Å². The Labute approximate surface area is 158 Å². The number of nitrogens with two attached hydrogens (primary N) is 2. The third-order valence-electron chi connectivity index (χ3n) is 5.48. The van der Waals surface area contributed by atoms with Crippen LogP contribution >= 0.6 is 0 Å². The number of H-pyrrole nitrogens is 1. The Morgan fingerprint density at radius 1 is 1.26 bits per heavy atom. The van der Waals surface area contributed by atoms with Gasteiger partial charge < -0.3 is 15.2 Å². The van der Waals surface area contributed by atoms with E-state index in [0.29, 0.717) is 17.3 Å². The lowest BCUT2D eigenvalue weighted by atomic mass is 9.85. The maximum absolute atomic E-state index is 6.20. The molecule has 0 bridgehead atoms. The molecule has 27 heavy (non-hydrogen) atoms. The lowest BCUT2D eigenvalue weighted by molar-refractivity contribution is -0.111. The van der Waals surface area contributed by atoms with Crippen LogP contribution in [0.1, 0.15) is 61.9 Å². The number of hydrogen-bond donors (Lipinski definition) is 3. The molecule has 4 rings (SSSR count). The van der Waals surface area contributed by atoms with Gasteiger partial charge in [-0.2, -0.15) is 0 Å². The van der Waals surface area contributed by atoms with Gasteiger partial charge in [0.05, 0.1) is 22.3 Å². The van der Waals surface area contributed by atoms with E-state index in [-0.39, 0.29) is 0 Å². The number of nitrogens with zero attached hydrogens (tertiary/aromatic N) is 2. The molecule has 0 aliphatic heterocycles. The van der Waals surface area contributed by atoms with Crippen molar-refractivity contribution in [2.24, 2.45) is 5.73 Å². The first-order chi connectivity index (χ1) is 12.9. The average molecular weight is 364 g/mol. The van der Waals surface area contributed by atoms with Crippen LogP contribution < -0.4 is 11.1 Å². The van der Waals surface area contributed by atoms with Crippen LogP contribution in [-0.2, 0) is 0 Å². The van der Waals surface area contributed by atoms with Crippen molar-refractivity contribution in [2.75, 3.05) is 0 Å². The number of nitrogens with one attached hydrogen (secondary N) is 1. The number of fused-ring (bicyclic) bond motifs is 1. The monoisotopic (exact) mass is 364 g/mol. The van der Waals surface area contributed by atoms with Crippen LogP contribution in [0, 0.1) is 13.8 Å². The molecule has 6 nitrogen and oxygen atoms in total. The maximum atomic E-state index is 6.20. The van der Waals surface area contributed by atoms with Gasteiger partial charge in [0, 0.05) is 29.7 Å². The Hall–Kier alpha value is -2.89. The van der Waals surface area contributed by atoms with Gasteiger partial charge in [-0.05, 0) is 51.3 Å². The molecule has 0 spiro atoms. The van der Waals surface area contributed by atoms with Crippen LogP contribution in [0.25, 0.3) is 27.7 Å². The molecule has 1 saturated carbocycles. The molecule has 2 aromatic heterocycles. The highest BCUT2D eigenvalue weighted by Gasteiger charge is 2.26. The number of rotatable bonds is 4. The van der Waals surface area contributed by atoms with Crippen molar-refractivity contribution in [3.8, 4) is 11.1 Å². The van der Waals surface area contributed by atoms with Gasteiger partial charge in [-0.3, -0.25) is 5.41 Å². The molecule has 140 valence electrons. The van der Waals surface area contributed by atoms with Gasteiger partial charge in [0.25, 0.3) is 0 Å². The van der Waals surface area contributed by atoms with Crippen LogP contribution in [0.15, 0.2) is 22.4 Å². The zero-order valence-electron chi connectivity index (χ0n) is 16.3. The number of hydrogen-bond acceptors (Lipinski definition) is 4. The van der Waals surface area contributed by atoms with Crippen molar-refractivity contribution in [3.63, 3.8) is 0 Å². The first kappa shape index (κ1) is 17.5. The summed E-state index contributed by atoms with van der Waals surface area (Å²) in [5, 5.41) is 10.3. The number of benzene rings is 1. The molecule has 6 heteroatoms. The van der Waals surface area contributed by atoms with E-state index < -0.39 is 0 Å². The lowest BCUT2D eigenvalue weighted by Gasteiger charge is -2.22. The van der Waals surface area contributed by atoms with Crippen molar-refractivity contribution >= 4 is 22.3 Å². The molecule has 1 aliphatic carbocycles. The van der Waals surface area contributed by atoms with Crippen molar-refractivity contribution in [1.82, 2.24) is 15.1 Å². The second kappa shape index (κ2) is 6.37. The molecular formula is C21H26N5O+. The van der Waals surface area contributed by atoms with Crippen molar-refractivity contribution < 1.29 is 9.93 Å². The summed E-state index contributed by atoms with van der Waals surface area (Å²) in [7, 11) is 0. The predicted molar refractivity (Wildman–Crippen MR) is 107 cm³/mol. The van der Waals surface area contributed by atoms with E-state index in [9.17, 15) is 0 Å². The molecule has 2 heterocycles. The fourth-order valence-electron chi connectivity index (χ4n) is 3.98. The largest absolute Gasteiger partial charge is 0.402 e. The van der Waals surface area contributed by atoms with Gasteiger partial charge in [0.1, 0.15) is 11.6 Å². The molecular weight excluding hydrogens is 338 g/mol. The lowest BCUT2D eigenvalue weighted by Crippen LogP contribution is -2.39. The van der Waals surface area contributed by atoms with Gasteiger partial charge in [0.15, 0.2) is 5.71 Å². The quantitative estimate of drug-likeness (QED) is 0.619. The van der Waals surface area contributed by atoms with E-state index in [1.165, 1.54) is 19.3 Å². The minimum absolute atomic E-state index is 0.516. The molecule has 0 radical (unpaired) electrons. The Kier molecular flexibility index (Phi) is 4.13. The summed E-state index contributed by atoms with van der Waals surface area (Å²) in [5.41, 5.74) is 14.2. The topological polar surface area (TPSA) is 106 Å². The summed E-state index contributed by atoms with van der Waals surface area (Å²) in [6.07, 6.45) is 3.64. The molecule has 3 aromatic rings. The number of aromatic amines is 1. The molecule has 1 aromatic carbocycles. The normalized spacial score (nSPS) is 15.7. The van der Waals surface area contributed by atoms with Gasteiger partial charge >= 0.3 is 0 Å². The highest BCUT2D eigenvalue weighted by molar-refractivity contribution is 6.23. The average Bonchev–Trinajstić information content (AvgIpc) is 3.08. The molecule has 0 amide bonds. The summed E-state index contributed by atoms with van der Waals surface area (Å²) in [6.45, 7) is 7.63. The molecule has 1 aliphatic rings. The summed E-state index contributed by atoms with van der Waals surface area (Å²) in [4.78, 5) is 8.47. The summed E-state index contributed by atoms with van der Waals surface area (Å²) in [6, 6.07) is 4.22. The summed E-state index contributed by atoms with van der Waals surface area (Å²) >= 11 is 0. The third-order valence-corrected chi connectivity index (χ3v) is 5.48. The van der Waals surface area contributed by atoms with Crippen LogP contribution in [0.5, 0.6) is 0 Å². The Bertz CT molecular complexity index is 1060. The van der Waals surface area contributed by atoms with Crippen LogP contribution in [-0.4, -0.2) is 20.8 Å². The van der Waals surface area contributed by atoms with Crippen LogP contribution in [0.4, 0.5) is 0 Å². The standard InChI is InChI=1S/C21H25N5O/c1-10(22)18(11(2)23)16-8-15(19-12(3)26-27-13(19)4)9-17-20(16)25-21(24-17)14-6-5-7-14/h8-9,14,22H,5-7,23H2,1-4H3,(H,24,25)/p+1/b18-11+,22-10?. The molecule has 5 N–H and O–H groups in total. The Balaban J connectivity index is 2.02. The third kappa shape index (κ3) is 2.85. The molecule has 0 unspecified atom stereocenters. The van der Waals surface area contributed by atoms with E-state index in [0.717, 1.165) is 50.6 Å². The fourth-order valence-corrected chi connectivity index (χ4v) is 3.98. The van der Waals surface area contributed by atoms with Gasteiger partial charge in [-0.15, -0.1) is 0 Å². The molecule has 0 saturated heterocycles. The van der Waals surface area contributed by atoms with Gasteiger partial charge in [-0.25, -0.2) is 4.98 Å². The molecule has 1 fully saturated rings. The van der Waals surface area contributed by atoms with Crippen LogP contribution in [0.2, 0.25) is 0 Å². The van der Waals surface area contributed by atoms with E-state index >= 15 is 0 Å². The number of aryl methyl sites for hydroxylation is 2. The van der Waals surface area contributed by atoms with Crippen molar-refractivity contribution in [2.45, 2.75) is 52.9 Å². The maximum Gasteiger partial charge on any atom is 0.179 e. The number of imidazole rings is 1. The van der Waals surface area contributed by atoms with E-state index in [2.05, 4.69) is 22.3 Å². The second-order valence-corrected chi connectivity index (χ2v) is 7.61. The SMILES string of the molecule is CC(=[NH2+])/C(=C(/C)N)c1cc(-c2c(C)noc2C)cc2[nH]c(C3CCC3)nc12. The predicted octanol–water partition coefficient (Wildman–Crippen LogP) is 3.01. The minimum atomic E-state index is 0.516. The van der Waals surface area contributed by atoms with Crippen molar-refractivity contribution in [3.05, 3.63) is 40.7 Å². The Morgan fingerprint density at radius 2 is 2.00 bits per heavy atom. The minimum Gasteiger partial charge on any atom is -0.402 e. The second-order valence-electron chi connectivity index (χ2n) is 7.61. The van der Waals surface area contributed by atoms with Crippen LogP contribution in [0.3, 0.4) is 0 Å². The summed E-state index contributed by atoms with van der Waals surface area (Å²) in [5.74, 6) is 2.36. The van der Waals surface area contributed by atoms with Crippen molar-refractivity contribution in [1.29, 1.82) is 0 Å². The summed E-state index contributed by atoms with van der Waals surface area (Å²) < 4.78 is 5.38. The number of aromatic nitrogens is 3.